The van der Waals surface area contributed by atoms with Crippen molar-refractivity contribution in [2.45, 2.75) is 25.5 Å². The van der Waals surface area contributed by atoms with Gasteiger partial charge in [0.15, 0.2) is 22.3 Å². The van der Waals surface area contributed by atoms with Gasteiger partial charge in [-0.15, -0.1) is 0 Å². The van der Waals surface area contributed by atoms with Gasteiger partial charge in [0.1, 0.15) is 5.39 Å². The molecule has 0 radical (unpaired) electrons. The lowest BCUT2D eigenvalue weighted by Crippen LogP contribution is -2.24. The molecule has 1 aliphatic rings. The molecule has 1 aliphatic heterocycles. The molecule has 3 heterocycles. The SMILES string of the molecule is Cc1cccc(-n2ncc3c(=O)[nH]c(SCC(=O)NCc4ccc5c(c4)OCO5)nc32)c1C. The van der Waals surface area contributed by atoms with E-state index in [1.165, 1.54) is 6.20 Å². The summed E-state index contributed by atoms with van der Waals surface area (Å²) in [5.41, 5.74) is 4.11. The Hall–Kier alpha value is -3.79. The molecular formula is C23H21N5O4S. The molecule has 0 spiro atoms. The first-order valence-electron chi connectivity index (χ1n) is 10.3. The van der Waals surface area contributed by atoms with E-state index in [2.05, 4.69) is 20.4 Å². The van der Waals surface area contributed by atoms with Crippen LogP contribution in [-0.4, -0.2) is 38.2 Å². The van der Waals surface area contributed by atoms with Crippen LogP contribution in [0.25, 0.3) is 16.7 Å². The third-order valence-electron chi connectivity index (χ3n) is 5.49. The van der Waals surface area contributed by atoms with E-state index in [-0.39, 0.29) is 24.0 Å². The Kier molecular flexibility index (Phi) is 5.51. The Bertz CT molecular complexity index is 1430. The maximum Gasteiger partial charge on any atom is 0.262 e. The molecule has 2 N–H and O–H groups in total. The fraction of sp³-hybridized carbons (Fsp3) is 0.217. The van der Waals surface area contributed by atoms with E-state index in [9.17, 15) is 9.59 Å². The second-order valence-electron chi connectivity index (χ2n) is 7.64. The third-order valence-corrected chi connectivity index (χ3v) is 6.36. The van der Waals surface area contributed by atoms with Gasteiger partial charge in [0.05, 0.1) is 17.6 Å². The van der Waals surface area contributed by atoms with E-state index in [1.54, 1.807) is 4.68 Å². The number of aromatic amines is 1. The summed E-state index contributed by atoms with van der Waals surface area (Å²) in [6.07, 6.45) is 1.51. The molecule has 33 heavy (non-hydrogen) atoms. The Morgan fingerprint density at radius 2 is 2.06 bits per heavy atom. The van der Waals surface area contributed by atoms with E-state index in [1.807, 2.05) is 50.2 Å². The standard InChI is InChI=1S/C23H21N5O4S/c1-13-4-3-5-17(14(13)2)28-21-16(10-25-28)22(30)27-23(26-21)33-11-20(29)24-9-15-6-7-18-19(8-15)32-12-31-18/h3-8,10H,9,11-12H2,1-2H3,(H,24,29)(H,26,27,30). The van der Waals surface area contributed by atoms with Crippen molar-refractivity contribution in [3.8, 4) is 17.2 Å². The van der Waals surface area contributed by atoms with Gasteiger partial charge < -0.3 is 19.8 Å². The van der Waals surface area contributed by atoms with Crippen LogP contribution in [0, 0.1) is 13.8 Å². The fourth-order valence-corrected chi connectivity index (χ4v) is 4.23. The molecule has 0 aliphatic carbocycles. The molecule has 0 unspecified atom stereocenters. The summed E-state index contributed by atoms with van der Waals surface area (Å²) in [4.78, 5) is 32.2. The summed E-state index contributed by atoms with van der Waals surface area (Å²) in [5, 5.41) is 8.00. The number of nitrogens with zero attached hydrogens (tertiary/aromatic N) is 3. The molecule has 0 saturated carbocycles. The van der Waals surface area contributed by atoms with Gasteiger partial charge in [-0.25, -0.2) is 9.67 Å². The average Bonchev–Trinajstić information content (AvgIpc) is 3.45. The molecule has 0 bridgehead atoms. The summed E-state index contributed by atoms with van der Waals surface area (Å²) in [7, 11) is 0. The Morgan fingerprint density at radius 3 is 2.94 bits per heavy atom. The average molecular weight is 464 g/mol. The number of aromatic nitrogens is 4. The first-order valence-corrected chi connectivity index (χ1v) is 11.3. The van der Waals surface area contributed by atoms with Gasteiger partial charge in [0.2, 0.25) is 12.7 Å². The van der Waals surface area contributed by atoms with E-state index in [0.717, 1.165) is 34.1 Å². The largest absolute Gasteiger partial charge is 0.454 e. The minimum Gasteiger partial charge on any atom is -0.454 e. The number of fused-ring (bicyclic) bond motifs is 2. The molecule has 0 atom stereocenters. The summed E-state index contributed by atoms with van der Waals surface area (Å²) >= 11 is 1.16. The number of aryl methyl sites for hydroxylation is 1. The molecule has 4 aromatic rings. The van der Waals surface area contributed by atoms with E-state index >= 15 is 0 Å². The maximum absolute atomic E-state index is 12.6. The topological polar surface area (TPSA) is 111 Å². The van der Waals surface area contributed by atoms with Gasteiger partial charge in [0, 0.05) is 6.54 Å². The molecule has 168 valence electrons. The number of ether oxygens (including phenoxy) is 2. The second kappa shape index (κ2) is 8.62. The minimum atomic E-state index is -0.292. The van der Waals surface area contributed by atoms with Crippen LogP contribution in [0.5, 0.6) is 11.5 Å². The maximum atomic E-state index is 12.6. The van der Waals surface area contributed by atoms with Crippen LogP contribution in [0.1, 0.15) is 16.7 Å². The van der Waals surface area contributed by atoms with Crippen LogP contribution >= 0.6 is 11.8 Å². The monoisotopic (exact) mass is 463 g/mol. The Balaban J connectivity index is 1.29. The number of thioether (sulfide) groups is 1. The first kappa shape index (κ1) is 21.1. The van der Waals surface area contributed by atoms with E-state index in [4.69, 9.17) is 9.47 Å². The summed E-state index contributed by atoms with van der Waals surface area (Å²) in [6.45, 7) is 4.60. The number of nitrogens with one attached hydrogen (secondary N) is 2. The second-order valence-corrected chi connectivity index (χ2v) is 8.60. The van der Waals surface area contributed by atoms with E-state index in [0.29, 0.717) is 34.2 Å². The molecular weight excluding hydrogens is 442 g/mol. The zero-order chi connectivity index (χ0) is 22.9. The molecule has 0 saturated heterocycles. The van der Waals surface area contributed by atoms with E-state index < -0.39 is 0 Å². The van der Waals surface area contributed by atoms with Crippen LogP contribution < -0.4 is 20.3 Å². The zero-order valence-corrected chi connectivity index (χ0v) is 18.9. The molecule has 5 rings (SSSR count). The predicted molar refractivity (Wildman–Crippen MR) is 124 cm³/mol. The predicted octanol–water partition coefficient (Wildman–Crippen LogP) is 2.86. The molecule has 2 aromatic carbocycles. The van der Waals surface area contributed by atoms with Crippen molar-refractivity contribution >= 4 is 28.7 Å². The molecule has 1 amide bonds. The number of benzene rings is 2. The van der Waals surface area contributed by atoms with Gasteiger partial charge in [0.25, 0.3) is 5.56 Å². The van der Waals surface area contributed by atoms with Gasteiger partial charge in [-0.05, 0) is 48.7 Å². The number of carbonyl (C=O) groups is 1. The number of amides is 1. The first-order chi connectivity index (χ1) is 16.0. The Labute approximate surface area is 193 Å². The highest BCUT2D eigenvalue weighted by Crippen LogP contribution is 2.32. The van der Waals surface area contributed by atoms with Crippen LogP contribution in [0.2, 0.25) is 0 Å². The highest BCUT2D eigenvalue weighted by molar-refractivity contribution is 7.99. The third kappa shape index (κ3) is 4.17. The molecule has 9 nitrogen and oxygen atoms in total. The minimum absolute atomic E-state index is 0.108. The van der Waals surface area contributed by atoms with Crippen molar-refractivity contribution in [2.24, 2.45) is 0 Å². The fourth-order valence-electron chi connectivity index (χ4n) is 3.54. The number of hydrogen-bond acceptors (Lipinski definition) is 7. The van der Waals surface area contributed by atoms with Gasteiger partial charge in [-0.3, -0.25) is 9.59 Å². The van der Waals surface area contributed by atoms with Crippen molar-refractivity contribution in [3.63, 3.8) is 0 Å². The van der Waals surface area contributed by atoms with Gasteiger partial charge in [-0.2, -0.15) is 5.10 Å². The van der Waals surface area contributed by atoms with Crippen LogP contribution in [0.15, 0.2) is 52.5 Å². The summed E-state index contributed by atoms with van der Waals surface area (Å²) in [6, 6.07) is 11.4. The highest BCUT2D eigenvalue weighted by Gasteiger charge is 2.16. The van der Waals surface area contributed by atoms with Crippen molar-refractivity contribution in [1.82, 2.24) is 25.1 Å². The zero-order valence-electron chi connectivity index (χ0n) is 18.0. The molecule has 10 heteroatoms. The summed E-state index contributed by atoms with van der Waals surface area (Å²) < 4.78 is 12.3. The molecule has 2 aromatic heterocycles. The van der Waals surface area contributed by atoms with Crippen molar-refractivity contribution in [1.29, 1.82) is 0 Å². The van der Waals surface area contributed by atoms with Crippen molar-refractivity contribution in [2.75, 3.05) is 12.5 Å². The lowest BCUT2D eigenvalue weighted by Gasteiger charge is -2.09. The quantitative estimate of drug-likeness (QED) is 0.334. The number of carbonyl (C=O) groups excluding carboxylic acids is 1. The van der Waals surface area contributed by atoms with Gasteiger partial charge >= 0.3 is 0 Å². The van der Waals surface area contributed by atoms with Crippen LogP contribution in [0.4, 0.5) is 0 Å². The number of rotatable bonds is 6. The normalized spacial score (nSPS) is 12.3. The van der Waals surface area contributed by atoms with Crippen molar-refractivity contribution < 1.29 is 14.3 Å². The number of H-pyrrole nitrogens is 1. The van der Waals surface area contributed by atoms with Gasteiger partial charge in [-0.1, -0.05) is 30.0 Å². The lowest BCUT2D eigenvalue weighted by molar-refractivity contribution is -0.118. The lowest BCUT2D eigenvalue weighted by atomic mass is 10.1. The van der Waals surface area contributed by atoms with Crippen molar-refractivity contribution in [3.05, 3.63) is 69.6 Å². The number of hydrogen-bond donors (Lipinski definition) is 2. The highest BCUT2D eigenvalue weighted by atomic mass is 32.2. The van der Waals surface area contributed by atoms with Crippen LogP contribution in [-0.2, 0) is 11.3 Å². The molecule has 0 fully saturated rings. The summed E-state index contributed by atoms with van der Waals surface area (Å²) in [5.74, 6) is 1.30. The Morgan fingerprint density at radius 1 is 1.21 bits per heavy atom. The smallest absolute Gasteiger partial charge is 0.262 e. The van der Waals surface area contributed by atoms with Crippen LogP contribution in [0.3, 0.4) is 0 Å².